The van der Waals surface area contributed by atoms with Crippen LogP contribution in [-0.4, -0.2) is 41.2 Å². The first kappa shape index (κ1) is 23.3. The Morgan fingerprint density at radius 2 is 1.86 bits per heavy atom. The number of carbonyl (C=O) groups is 3. The smallest absolute Gasteiger partial charge is 0.300 e. The Balaban J connectivity index is 1.48. The zero-order valence-electron chi connectivity index (χ0n) is 19.3. The number of nitrogens with one attached hydrogen (secondary N) is 1. The number of halogens is 1. The van der Waals surface area contributed by atoms with Gasteiger partial charge in [-0.1, -0.05) is 41.9 Å². The molecule has 3 aromatic carbocycles. The average Bonchev–Trinajstić information content (AvgIpc) is 3.51. The molecule has 8 nitrogen and oxygen atoms in total. The zero-order chi connectivity index (χ0) is 25.2. The van der Waals surface area contributed by atoms with Crippen LogP contribution in [0, 0.1) is 0 Å². The molecule has 0 unspecified atom stereocenters. The van der Waals surface area contributed by atoms with E-state index in [9.17, 15) is 14.4 Å². The van der Waals surface area contributed by atoms with Crippen LogP contribution in [0.5, 0.6) is 5.75 Å². The number of Topliss-reactive ketones (excluding diaryl/α,β-unsaturated/α-hetero) is 1. The second-order valence-corrected chi connectivity index (χ2v) is 8.64. The average molecular weight is 501 g/mol. The number of nitrogens with zero attached hydrogens (tertiary/aromatic N) is 3. The lowest BCUT2D eigenvalue weighted by Crippen LogP contribution is -2.42. The van der Waals surface area contributed by atoms with Crippen molar-refractivity contribution in [2.45, 2.75) is 6.54 Å². The van der Waals surface area contributed by atoms with Gasteiger partial charge in [0.2, 0.25) is 5.91 Å². The molecule has 5 rings (SSSR count). The van der Waals surface area contributed by atoms with Crippen LogP contribution in [0.1, 0.15) is 15.9 Å². The first-order chi connectivity index (χ1) is 17.5. The molecule has 0 radical (unpaired) electrons. The fourth-order valence-electron chi connectivity index (χ4n) is 4.24. The molecule has 1 aliphatic heterocycles. The van der Waals surface area contributed by atoms with Gasteiger partial charge in [-0.15, -0.1) is 0 Å². The predicted octanol–water partition coefficient (Wildman–Crippen LogP) is 4.50. The van der Waals surface area contributed by atoms with E-state index in [2.05, 4.69) is 9.97 Å². The van der Waals surface area contributed by atoms with Gasteiger partial charge in [0.1, 0.15) is 12.3 Å². The number of benzene rings is 3. The number of hydrogen-bond acceptors (Lipinski definition) is 5. The van der Waals surface area contributed by atoms with Gasteiger partial charge in [0.25, 0.3) is 11.7 Å². The number of aromatic amines is 1. The molecule has 0 atom stereocenters. The minimum atomic E-state index is -0.764. The third-order valence-corrected chi connectivity index (χ3v) is 6.22. The number of rotatable bonds is 7. The number of carbonyl (C=O) groups excluding carboxylic acids is 3. The Labute approximate surface area is 212 Å². The van der Waals surface area contributed by atoms with Gasteiger partial charge in [-0.3, -0.25) is 19.3 Å². The molecule has 4 aromatic rings. The lowest BCUT2D eigenvalue weighted by Gasteiger charge is -2.26. The predicted molar refractivity (Wildman–Crippen MR) is 136 cm³/mol. The van der Waals surface area contributed by atoms with E-state index in [1.165, 1.54) is 12.0 Å². The molecule has 2 amide bonds. The van der Waals surface area contributed by atoms with Crippen LogP contribution in [0.2, 0.25) is 5.02 Å². The van der Waals surface area contributed by atoms with Crippen molar-refractivity contribution in [1.29, 1.82) is 0 Å². The second-order valence-electron chi connectivity index (χ2n) is 8.20. The molecule has 1 aromatic heterocycles. The number of fused-ring (bicyclic) bond motifs is 1. The fraction of sp³-hybridized carbons (Fsp3) is 0.111. The summed E-state index contributed by atoms with van der Waals surface area (Å²) in [7, 11) is 1.45. The van der Waals surface area contributed by atoms with Crippen molar-refractivity contribution in [2.75, 3.05) is 23.5 Å². The molecule has 0 bridgehead atoms. The maximum Gasteiger partial charge on any atom is 0.300 e. The highest BCUT2D eigenvalue weighted by Crippen LogP contribution is 2.37. The molecular weight excluding hydrogens is 480 g/mol. The number of ketones is 1. The van der Waals surface area contributed by atoms with E-state index in [-0.39, 0.29) is 24.6 Å². The number of ether oxygens (including phenoxy) is 1. The highest BCUT2D eigenvalue weighted by Gasteiger charge is 2.39. The van der Waals surface area contributed by atoms with Crippen LogP contribution in [0.15, 0.2) is 79.3 Å². The molecular formula is C27H21ClN4O4. The molecule has 180 valence electrons. The van der Waals surface area contributed by atoms with Gasteiger partial charge in [0.05, 0.1) is 43.1 Å². The van der Waals surface area contributed by atoms with Crippen LogP contribution in [0.25, 0.3) is 11.3 Å². The van der Waals surface area contributed by atoms with Crippen molar-refractivity contribution in [2.24, 2.45) is 0 Å². The highest BCUT2D eigenvalue weighted by molar-refractivity contribution is 6.53. The SMILES string of the molecule is COc1cccc2c1N(CC(=O)N(Cc1cccc(Cl)c1)c1ccc(-c3cnc[nH]3)cc1)C(=O)C2=O. The standard InChI is InChI=1S/C27H21ClN4O4/c1-36-23-7-3-6-21-25(23)32(27(35)26(21)34)15-24(33)31(14-17-4-2-5-19(28)12-17)20-10-8-18(9-11-20)22-13-29-16-30-22/h2-13,16H,14-15H2,1H3,(H,29,30). The van der Waals surface area contributed by atoms with Crippen LogP contribution in [0.3, 0.4) is 0 Å². The van der Waals surface area contributed by atoms with Gasteiger partial charge < -0.3 is 14.6 Å². The lowest BCUT2D eigenvalue weighted by molar-refractivity contribution is -0.120. The summed E-state index contributed by atoms with van der Waals surface area (Å²) < 4.78 is 5.37. The van der Waals surface area contributed by atoms with E-state index >= 15 is 0 Å². The molecule has 0 spiro atoms. The largest absolute Gasteiger partial charge is 0.495 e. The van der Waals surface area contributed by atoms with Crippen LogP contribution < -0.4 is 14.5 Å². The van der Waals surface area contributed by atoms with Crippen molar-refractivity contribution in [1.82, 2.24) is 9.97 Å². The van der Waals surface area contributed by atoms with Gasteiger partial charge in [0.15, 0.2) is 0 Å². The summed E-state index contributed by atoms with van der Waals surface area (Å²) in [6.07, 6.45) is 3.31. The van der Waals surface area contributed by atoms with Crippen LogP contribution in [0.4, 0.5) is 11.4 Å². The van der Waals surface area contributed by atoms with Crippen molar-refractivity contribution >= 4 is 40.6 Å². The fourth-order valence-corrected chi connectivity index (χ4v) is 4.45. The molecule has 2 heterocycles. The van der Waals surface area contributed by atoms with Gasteiger partial charge in [-0.2, -0.15) is 0 Å². The quantitative estimate of drug-likeness (QED) is 0.377. The Kier molecular flexibility index (Phi) is 6.26. The molecule has 0 fully saturated rings. The Hall–Kier alpha value is -4.43. The summed E-state index contributed by atoms with van der Waals surface area (Å²) in [5.41, 5.74) is 3.72. The second kappa shape index (κ2) is 9.67. The first-order valence-electron chi connectivity index (χ1n) is 11.1. The molecule has 0 saturated heterocycles. The number of imidazole rings is 1. The summed E-state index contributed by atoms with van der Waals surface area (Å²) in [5.74, 6) is -1.45. The van der Waals surface area contributed by atoms with Crippen molar-refractivity contribution < 1.29 is 19.1 Å². The normalized spacial score (nSPS) is 12.6. The monoisotopic (exact) mass is 500 g/mol. The molecule has 36 heavy (non-hydrogen) atoms. The summed E-state index contributed by atoms with van der Waals surface area (Å²) in [6, 6.07) is 19.5. The molecule has 1 N–H and O–H groups in total. The van der Waals surface area contributed by atoms with E-state index < -0.39 is 11.7 Å². The van der Waals surface area contributed by atoms with Crippen molar-refractivity contribution in [3.05, 3.63) is 95.4 Å². The lowest BCUT2D eigenvalue weighted by atomic mass is 10.1. The van der Waals surface area contributed by atoms with Gasteiger partial charge >= 0.3 is 0 Å². The van der Waals surface area contributed by atoms with E-state index in [0.29, 0.717) is 22.1 Å². The molecule has 1 aliphatic rings. The van der Waals surface area contributed by atoms with Crippen LogP contribution >= 0.6 is 11.6 Å². The number of anilines is 2. The van der Waals surface area contributed by atoms with E-state index in [1.807, 2.05) is 36.4 Å². The summed E-state index contributed by atoms with van der Waals surface area (Å²) >= 11 is 6.18. The zero-order valence-corrected chi connectivity index (χ0v) is 20.0. The maximum absolute atomic E-state index is 13.7. The van der Waals surface area contributed by atoms with Crippen molar-refractivity contribution in [3.63, 3.8) is 0 Å². The van der Waals surface area contributed by atoms with E-state index in [0.717, 1.165) is 16.8 Å². The number of aromatic nitrogens is 2. The maximum atomic E-state index is 13.7. The van der Waals surface area contributed by atoms with Gasteiger partial charge in [-0.25, -0.2) is 4.98 Å². The van der Waals surface area contributed by atoms with Gasteiger partial charge in [0, 0.05) is 10.7 Å². The number of para-hydroxylation sites is 1. The van der Waals surface area contributed by atoms with E-state index in [4.69, 9.17) is 16.3 Å². The first-order valence-corrected chi connectivity index (χ1v) is 11.5. The minimum Gasteiger partial charge on any atom is -0.495 e. The summed E-state index contributed by atoms with van der Waals surface area (Å²) in [6.45, 7) is -0.113. The molecule has 9 heteroatoms. The number of methoxy groups -OCH3 is 1. The topological polar surface area (TPSA) is 95.6 Å². The third kappa shape index (κ3) is 4.34. The van der Waals surface area contributed by atoms with Crippen LogP contribution in [-0.2, 0) is 16.1 Å². The number of hydrogen-bond donors (Lipinski definition) is 1. The Bertz CT molecular complexity index is 1450. The Morgan fingerprint density at radius 1 is 1.08 bits per heavy atom. The molecule has 0 aliphatic carbocycles. The summed E-state index contributed by atoms with van der Waals surface area (Å²) in [4.78, 5) is 48.9. The number of H-pyrrole nitrogens is 1. The highest BCUT2D eigenvalue weighted by atomic mass is 35.5. The van der Waals surface area contributed by atoms with Gasteiger partial charge in [-0.05, 0) is 47.5 Å². The minimum absolute atomic E-state index is 0.220. The number of amides is 2. The Morgan fingerprint density at radius 3 is 2.56 bits per heavy atom. The summed E-state index contributed by atoms with van der Waals surface area (Å²) in [5, 5.41) is 0.550. The third-order valence-electron chi connectivity index (χ3n) is 5.99. The van der Waals surface area contributed by atoms with E-state index in [1.54, 1.807) is 47.8 Å². The molecule has 0 saturated carbocycles. The van der Waals surface area contributed by atoms with Crippen molar-refractivity contribution in [3.8, 4) is 17.0 Å².